The molecule has 2 rings (SSSR count). The van der Waals surface area contributed by atoms with Crippen molar-refractivity contribution < 1.29 is 4.79 Å². The van der Waals surface area contributed by atoms with Gasteiger partial charge in [-0.05, 0) is 30.3 Å². The summed E-state index contributed by atoms with van der Waals surface area (Å²) in [5, 5.41) is 0. The fraction of sp³-hybridized carbons (Fsp3) is 0.727. The van der Waals surface area contributed by atoms with Crippen LogP contribution in [-0.2, 0) is 4.79 Å². The summed E-state index contributed by atoms with van der Waals surface area (Å²) in [6.07, 6.45) is 6.46. The van der Waals surface area contributed by atoms with Gasteiger partial charge in [0, 0.05) is 6.42 Å². The lowest BCUT2D eigenvalue weighted by atomic mass is 9.69. The van der Waals surface area contributed by atoms with Crippen LogP contribution in [0.5, 0.6) is 0 Å². The molecule has 0 bridgehead atoms. The van der Waals surface area contributed by atoms with Crippen LogP contribution in [0, 0.1) is 11.3 Å². The van der Waals surface area contributed by atoms with Crippen molar-refractivity contribution in [2.45, 2.75) is 39.5 Å². The number of rotatable bonds is 0. The highest BCUT2D eigenvalue weighted by molar-refractivity contribution is 5.94. The molecule has 12 heavy (non-hydrogen) atoms. The van der Waals surface area contributed by atoms with E-state index in [-0.39, 0.29) is 5.41 Å². The summed E-state index contributed by atoms with van der Waals surface area (Å²) in [5.74, 6) is 0.997. The highest BCUT2D eigenvalue weighted by atomic mass is 16.1. The fourth-order valence-electron chi connectivity index (χ4n) is 2.81. The summed E-state index contributed by atoms with van der Waals surface area (Å²) in [4.78, 5) is 11.3. The molecule has 0 spiro atoms. The van der Waals surface area contributed by atoms with E-state index in [1.54, 1.807) is 0 Å². The molecule has 0 amide bonds. The van der Waals surface area contributed by atoms with Crippen LogP contribution in [0.15, 0.2) is 11.6 Å². The molecule has 2 atom stereocenters. The van der Waals surface area contributed by atoms with Gasteiger partial charge in [-0.25, -0.2) is 0 Å². The Morgan fingerprint density at radius 3 is 3.00 bits per heavy atom. The zero-order chi connectivity index (χ0) is 8.77. The second-order valence-corrected chi connectivity index (χ2v) is 4.60. The first kappa shape index (κ1) is 8.03. The number of carbonyl (C=O) groups is 1. The van der Waals surface area contributed by atoms with Gasteiger partial charge in [0.05, 0.1) is 0 Å². The number of hydrogen-bond donors (Lipinski definition) is 0. The van der Waals surface area contributed by atoms with E-state index < -0.39 is 0 Å². The van der Waals surface area contributed by atoms with Crippen molar-refractivity contribution in [3.8, 4) is 0 Å². The summed E-state index contributed by atoms with van der Waals surface area (Å²) < 4.78 is 0. The summed E-state index contributed by atoms with van der Waals surface area (Å²) in [6.45, 7) is 4.50. The molecule has 0 aromatic carbocycles. The van der Waals surface area contributed by atoms with Crippen LogP contribution in [0.1, 0.15) is 39.5 Å². The summed E-state index contributed by atoms with van der Waals surface area (Å²) in [6, 6.07) is 0. The molecule has 1 fully saturated rings. The van der Waals surface area contributed by atoms with E-state index in [0.717, 1.165) is 6.42 Å². The first-order chi connectivity index (χ1) is 5.62. The van der Waals surface area contributed by atoms with Crippen molar-refractivity contribution in [1.29, 1.82) is 0 Å². The Hall–Kier alpha value is -0.590. The first-order valence-electron chi connectivity index (χ1n) is 4.87. The Labute approximate surface area is 73.8 Å². The molecule has 0 N–H and O–H groups in total. The molecule has 66 valence electrons. The molecule has 0 aromatic rings. The number of ketones is 1. The zero-order valence-corrected chi connectivity index (χ0v) is 7.89. The minimum Gasteiger partial charge on any atom is -0.295 e. The standard InChI is InChI=1S/C11H16O/c1-8-4-3-5-11(2)7-9(12)6-10(8)11/h6,8H,3-5,7H2,1-2H3. The van der Waals surface area contributed by atoms with Crippen LogP contribution in [0.25, 0.3) is 0 Å². The Bertz CT molecular complexity index is 252. The summed E-state index contributed by atoms with van der Waals surface area (Å²) in [7, 11) is 0. The van der Waals surface area contributed by atoms with Crippen LogP contribution in [0.3, 0.4) is 0 Å². The van der Waals surface area contributed by atoms with E-state index in [1.165, 1.54) is 24.8 Å². The van der Waals surface area contributed by atoms with Gasteiger partial charge in [0.15, 0.2) is 5.78 Å². The minimum absolute atomic E-state index is 0.245. The van der Waals surface area contributed by atoms with E-state index in [2.05, 4.69) is 13.8 Å². The molecule has 0 heterocycles. The van der Waals surface area contributed by atoms with Crippen molar-refractivity contribution >= 4 is 5.78 Å². The molecule has 2 aliphatic carbocycles. The smallest absolute Gasteiger partial charge is 0.156 e. The predicted molar refractivity (Wildman–Crippen MR) is 48.8 cm³/mol. The fourth-order valence-corrected chi connectivity index (χ4v) is 2.81. The normalized spacial score (nSPS) is 41.0. The van der Waals surface area contributed by atoms with Crippen molar-refractivity contribution in [3.05, 3.63) is 11.6 Å². The van der Waals surface area contributed by atoms with Gasteiger partial charge in [-0.2, -0.15) is 0 Å². The summed E-state index contributed by atoms with van der Waals surface area (Å²) in [5.41, 5.74) is 1.67. The first-order valence-corrected chi connectivity index (χ1v) is 4.87. The molecular weight excluding hydrogens is 148 g/mol. The lowest BCUT2D eigenvalue weighted by molar-refractivity contribution is -0.115. The largest absolute Gasteiger partial charge is 0.295 e. The van der Waals surface area contributed by atoms with Gasteiger partial charge in [-0.1, -0.05) is 25.8 Å². The number of hydrogen-bond acceptors (Lipinski definition) is 1. The monoisotopic (exact) mass is 164 g/mol. The van der Waals surface area contributed by atoms with E-state index in [9.17, 15) is 4.79 Å². The molecule has 2 aliphatic rings. The second kappa shape index (κ2) is 2.45. The van der Waals surface area contributed by atoms with Crippen molar-refractivity contribution in [2.24, 2.45) is 11.3 Å². The third-order valence-electron chi connectivity index (χ3n) is 3.47. The molecule has 2 unspecified atom stereocenters. The van der Waals surface area contributed by atoms with E-state index in [0.29, 0.717) is 11.7 Å². The molecule has 1 nitrogen and oxygen atoms in total. The SMILES string of the molecule is CC1CCCC2(C)CC(=O)C=C12. The Kier molecular flexibility index (Phi) is 1.64. The van der Waals surface area contributed by atoms with Crippen LogP contribution in [0.4, 0.5) is 0 Å². The van der Waals surface area contributed by atoms with E-state index in [1.807, 2.05) is 6.08 Å². The van der Waals surface area contributed by atoms with Gasteiger partial charge in [0.1, 0.15) is 0 Å². The summed E-state index contributed by atoms with van der Waals surface area (Å²) >= 11 is 0. The van der Waals surface area contributed by atoms with Crippen LogP contribution in [0.2, 0.25) is 0 Å². The Morgan fingerprint density at radius 2 is 2.33 bits per heavy atom. The van der Waals surface area contributed by atoms with Gasteiger partial charge < -0.3 is 0 Å². The third kappa shape index (κ3) is 1.03. The van der Waals surface area contributed by atoms with Crippen molar-refractivity contribution in [1.82, 2.24) is 0 Å². The molecule has 0 saturated heterocycles. The lowest BCUT2D eigenvalue weighted by Gasteiger charge is -2.36. The second-order valence-electron chi connectivity index (χ2n) is 4.60. The number of allylic oxidation sites excluding steroid dienone is 2. The minimum atomic E-state index is 0.245. The average Bonchev–Trinajstić information content (AvgIpc) is 2.26. The highest BCUT2D eigenvalue weighted by Crippen LogP contribution is 2.49. The molecule has 0 aliphatic heterocycles. The maximum absolute atomic E-state index is 11.3. The van der Waals surface area contributed by atoms with Gasteiger partial charge >= 0.3 is 0 Å². The molecule has 1 heteroatoms. The van der Waals surface area contributed by atoms with Crippen LogP contribution in [-0.4, -0.2) is 5.78 Å². The van der Waals surface area contributed by atoms with E-state index >= 15 is 0 Å². The quantitative estimate of drug-likeness (QED) is 0.538. The van der Waals surface area contributed by atoms with Crippen molar-refractivity contribution in [3.63, 3.8) is 0 Å². The number of carbonyl (C=O) groups excluding carboxylic acids is 1. The van der Waals surface area contributed by atoms with Gasteiger partial charge in [-0.3, -0.25) is 4.79 Å². The number of fused-ring (bicyclic) bond motifs is 1. The van der Waals surface area contributed by atoms with Crippen LogP contribution >= 0.6 is 0 Å². The predicted octanol–water partition coefficient (Wildman–Crippen LogP) is 2.71. The highest BCUT2D eigenvalue weighted by Gasteiger charge is 2.40. The zero-order valence-electron chi connectivity index (χ0n) is 7.89. The maximum atomic E-state index is 11.3. The Morgan fingerprint density at radius 1 is 1.58 bits per heavy atom. The van der Waals surface area contributed by atoms with Gasteiger partial charge in [0.2, 0.25) is 0 Å². The lowest BCUT2D eigenvalue weighted by Crippen LogP contribution is -2.25. The molecular formula is C11H16O. The van der Waals surface area contributed by atoms with Gasteiger partial charge in [-0.15, -0.1) is 0 Å². The average molecular weight is 164 g/mol. The molecule has 0 aromatic heterocycles. The third-order valence-corrected chi connectivity index (χ3v) is 3.47. The molecule has 0 radical (unpaired) electrons. The van der Waals surface area contributed by atoms with Crippen molar-refractivity contribution in [2.75, 3.05) is 0 Å². The Balaban J connectivity index is 2.34. The van der Waals surface area contributed by atoms with Crippen LogP contribution < -0.4 is 0 Å². The van der Waals surface area contributed by atoms with E-state index in [4.69, 9.17) is 0 Å². The van der Waals surface area contributed by atoms with Gasteiger partial charge in [0.25, 0.3) is 0 Å². The topological polar surface area (TPSA) is 17.1 Å². The maximum Gasteiger partial charge on any atom is 0.156 e. The molecule has 1 saturated carbocycles.